The first kappa shape index (κ1) is 22.2. The van der Waals surface area contributed by atoms with E-state index in [-0.39, 0.29) is 22.9 Å². The summed E-state index contributed by atoms with van der Waals surface area (Å²) in [6.45, 7) is 0. The Labute approximate surface area is 188 Å². The predicted octanol–water partition coefficient (Wildman–Crippen LogP) is 5.16. The van der Waals surface area contributed by atoms with Crippen molar-refractivity contribution in [2.24, 2.45) is 0 Å². The van der Waals surface area contributed by atoms with E-state index in [0.29, 0.717) is 21.5 Å². The lowest BCUT2D eigenvalue weighted by Gasteiger charge is -2.13. The summed E-state index contributed by atoms with van der Waals surface area (Å²) in [5.74, 6) is 0.598. The van der Waals surface area contributed by atoms with Gasteiger partial charge in [0.2, 0.25) is 5.88 Å². The van der Waals surface area contributed by atoms with E-state index in [9.17, 15) is 9.59 Å². The summed E-state index contributed by atoms with van der Waals surface area (Å²) in [5, 5.41) is 5.50. The molecule has 0 aliphatic carbocycles. The third kappa shape index (κ3) is 5.56. The van der Waals surface area contributed by atoms with Crippen molar-refractivity contribution in [3.05, 3.63) is 70.3 Å². The van der Waals surface area contributed by atoms with Gasteiger partial charge in [-0.2, -0.15) is 0 Å². The number of amides is 3. The molecule has 0 saturated carbocycles. The maximum atomic E-state index is 12.5. The molecule has 0 aliphatic heterocycles. The summed E-state index contributed by atoms with van der Waals surface area (Å²) in [7, 11) is 2.83. The maximum absolute atomic E-state index is 12.5. The zero-order valence-corrected chi connectivity index (χ0v) is 18.0. The number of rotatable bonds is 6. The van der Waals surface area contributed by atoms with Gasteiger partial charge < -0.3 is 19.5 Å². The van der Waals surface area contributed by atoms with Gasteiger partial charge >= 0.3 is 6.03 Å². The second-order valence-corrected chi connectivity index (χ2v) is 6.82. The van der Waals surface area contributed by atoms with Crippen LogP contribution in [0.3, 0.4) is 0 Å². The van der Waals surface area contributed by atoms with Crippen molar-refractivity contribution >= 4 is 40.8 Å². The Balaban J connectivity index is 1.63. The lowest BCUT2D eigenvalue weighted by atomic mass is 10.1. The number of hydrogen-bond donors (Lipinski definition) is 2. The van der Waals surface area contributed by atoms with Crippen molar-refractivity contribution < 1.29 is 23.8 Å². The quantitative estimate of drug-likeness (QED) is 0.525. The van der Waals surface area contributed by atoms with Crippen LogP contribution in [0.25, 0.3) is 0 Å². The summed E-state index contributed by atoms with van der Waals surface area (Å²) in [6, 6.07) is 12.0. The summed E-state index contributed by atoms with van der Waals surface area (Å²) in [4.78, 5) is 28.9. The fourth-order valence-corrected chi connectivity index (χ4v) is 2.87. The van der Waals surface area contributed by atoms with Crippen LogP contribution in [-0.2, 0) is 0 Å². The number of ether oxygens (including phenoxy) is 3. The number of carbonyl (C=O) groups is 2. The number of halogens is 2. The summed E-state index contributed by atoms with van der Waals surface area (Å²) >= 11 is 11.8. The second-order valence-electron chi connectivity index (χ2n) is 6.01. The van der Waals surface area contributed by atoms with Gasteiger partial charge in [-0.1, -0.05) is 29.3 Å². The highest BCUT2D eigenvalue weighted by atomic mass is 35.5. The monoisotopic (exact) mass is 461 g/mol. The molecular weight excluding hydrogens is 445 g/mol. The third-order valence-corrected chi connectivity index (χ3v) is 4.73. The molecule has 160 valence electrons. The van der Waals surface area contributed by atoms with Crippen molar-refractivity contribution in [1.29, 1.82) is 0 Å². The van der Waals surface area contributed by atoms with Crippen LogP contribution in [0.1, 0.15) is 10.4 Å². The Hall–Kier alpha value is -3.49. The van der Waals surface area contributed by atoms with Gasteiger partial charge in [0.15, 0.2) is 0 Å². The number of nitrogens with one attached hydrogen (secondary N) is 2. The lowest BCUT2D eigenvalue weighted by Crippen LogP contribution is -2.34. The van der Waals surface area contributed by atoms with Gasteiger partial charge in [0.25, 0.3) is 5.91 Å². The molecule has 0 aliphatic rings. The minimum absolute atomic E-state index is 0.103. The Kier molecular flexibility index (Phi) is 7.17. The SMILES string of the molecule is COc1cccc(OC)c1C(=O)NC(=O)Nc1ccc(Oc2ccc(Cl)c(Cl)c2)nc1. The van der Waals surface area contributed by atoms with Crippen LogP contribution in [-0.4, -0.2) is 31.1 Å². The zero-order valence-electron chi connectivity index (χ0n) is 16.4. The van der Waals surface area contributed by atoms with E-state index in [1.54, 1.807) is 48.5 Å². The van der Waals surface area contributed by atoms with E-state index >= 15 is 0 Å². The molecule has 0 atom stereocenters. The molecule has 1 heterocycles. The first-order chi connectivity index (χ1) is 14.9. The normalized spacial score (nSPS) is 10.2. The minimum Gasteiger partial charge on any atom is -0.496 e. The number of carbonyl (C=O) groups excluding carboxylic acids is 2. The van der Waals surface area contributed by atoms with Gasteiger partial charge in [0.1, 0.15) is 22.8 Å². The average molecular weight is 462 g/mol. The number of nitrogens with zero attached hydrogens (tertiary/aromatic N) is 1. The molecule has 0 bridgehead atoms. The molecule has 0 saturated heterocycles. The standard InChI is InChI=1S/C21H17Cl2N3O5/c1-29-16-4-3-5-17(30-2)19(16)20(27)26-21(28)25-12-6-9-18(24-11-12)31-13-7-8-14(22)15(23)10-13/h3-11H,1-2H3,(H2,25,26,27,28). The van der Waals surface area contributed by atoms with Crippen molar-refractivity contribution in [2.45, 2.75) is 0 Å². The Morgan fingerprint density at radius 1 is 0.935 bits per heavy atom. The second kappa shape index (κ2) is 10.0. The Bertz CT molecular complexity index is 1080. The van der Waals surface area contributed by atoms with Crippen molar-refractivity contribution in [1.82, 2.24) is 10.3 Å². The maximum Gasteiger partial charge on any atom is 0.326 e. The number of urea groups is 1. The molecule has 31 heavy (non-hydrogen) atoms. The number of pyridine rings is 1. The van der Waals surface area contributed by atoms with Crippen LogP contribution < -0.4 is 24.8 Å². The summed E-state index contributed by atoms with van der Waals surface area (Å²) < 4.78 is 15.9. The smallest absolute Gasteiger partial charge is 0.326 e. The van der Waals surface area contributed by atoms with E-state index in [0.717, 1.165) is 0 Å². The fourth-order valence-electron chi connectivity index (χ4n) is 2.58. The van der Waals surface area contributed by atoms with Gasteiger partial charge in [0, 0.05) is 12.1 Å². The van der Waals surface area contributed by atoms with Crippen LogP contribution in [0.5, 0.6) is 23.1 Å². The number of benzene rings is 2. The van der Waals surface area contributed by atoms with Gasteiger partial charge in [0.05, 0.1) is 36.1 Å². The van der Waals surface area contributed by atoms with Crippen LogP contribution in [0, 0.1) is 0 Å². The highest BCUT2D eigenvalue weighted by Crippen LogP contribution is 2.29. The molecule has 8 nitrogen and oxygen atoms in total. The fraction of sp³-hybridized carbons (Fsp3) is 0.0952. The molecule has 2 N–H and O–H groups in total. The van der Waals surface area contributed by atoms with E-state index in [1.165, 1.54) is 20.4 Å². The van der Waals surface area contributed by atoms with Crippen LogP contribution >= 0.6 is 23.2 Å². The topological polar surface area (TPSA) is 98.8 Å². The van der Waals surface area contributed by atoms with E-state index < -0.39 is 11.9 Å². The van der Waals surface area contributed by atoms with Crippen LogP contribution in [0.15, 0.2) is 54.7 Å². The zero-order chi connectivity index (χ0) is 22.4. The van der Waals surface area contributed by atoms with Crippen molar-refractivity contribution in [3.8, 4) is 23.1 Å². The minimum atomic E-state index is -0.752. The number of methoxy groups -OCH3 is 2. The Morgan fingerprint density at radius 2 is 1.65 bits per heavy atom. The van der Waals surface area contributed by atoms with E-state index in [4.69, 9.17) is 37.4 Å². The lowest BCUT2D eigenvalue weighted by molar-refractivity contribution is 0.0961. The van der Waals surface area contributed by atoms with Gasteiger partial charge in [-0.25, -0.2) is 9.78 Å². The van der Waals surface area contributed by atoms with Gasteiger partial charge in [-0.05, 0) is 30.3 Å². The van der Waals surface area contributed by atoms with Crippen LogP contribution in [0.4, 0.5) is 10.5 Å². The first-order valence-corrected chi connectivity index (χ1v) is 9.59. The summed E-state index contributed by atoms with van der Waals surface area (Å²) in [5.41, 5.74) is 0.449. The highest BCUT2D eigenvalue weighted by Gasteiger charge is 2.20. The van der Waals surface area contributed by atoms with Crippen molar-refractivity contribution in [2.75, 3.05) is 19.5 Å². The van der Waals surface area contributed by atoms with Gasteiger partial charge in [-0.3, -0.25) is 10.1 Å². The molecule has 0 spiro atoms. The first-order valence-electron chi connectivity index (χ1n) is 8.83. The predicted molar refractivity (Wildman–Crippen MR) is 117 cm³/mol. The van der Waals surface area contributed by atoms with Gasteiger partial charge in [-0.15, -0.1) is 0 Å². The molecule has 2 aromatic carbocycles. The molecule has 10 heteroatoms. The van der Waals surface area contributed by atoms with E-state index in [1.807, 2.05) is 0 Å². The Morgan fingerprint density at radius 3 is 2.23 bits per heavy atom. The molecule has 1 aromatic heterocycles. The molecule has 3 aromatic rings. The number of aromatic nitrogens is 1. The largest absolute Gasteiger partial charge is 0.496 e. The highest BCUT2D eigenvalue weighted by molar-refractivity contribution is 6.42. The number of imide groups is 1. The molecule has 0 radical (unpaired) electrons. The third-order valence-electron chi connectivity index (χ3n) is 3.99. The molecule has 0 fully saturated rings. The average Bonchev–Trinajstić information content (AvgIpc) is 2.76. The number of anilines is 1. The summed E-state index contributed by atoms with van der Waals surface area (Å²) in [6.07, 6.45) is 1.38. The molecular formula is C21H17Cl2N3O5. The van der Waals surface area contributed by atoms with E-state index in [2.05, 4.69) is 15.6 Å². The molecule has 0 unspecified atom stereocenters. The molecule has 3 amide bonds. The van der Waals surface area contributed by atoms with Crippen LogP contribution in [0.2, 0.25) is 10.0 Å². The molecule has 3 rings (SSSR count). The van der Waals surface area contributed by atoms with Crippen molar-refractivity contribution in [3.63, 3.8) is 0 Å². The number of hydrogen-bond acceptors (Lipinski definition) is 6.